The van der Waals surface area contributed by atoms with Crippen LogP contribution in [0.3, 0.4) is 0 Å². The number of nitrogens with zero attached hydrogens (tertiary/aromatic N) is 3. The molecule has 0 aliphatic carbocycles. The Kier molecular flexibility index (Phi) is 1.56. The molecule has 5 heteroatoms. The molecule has 1 aromatic heterocycles. The van der Waals surface area contributed by atoms with Crippen LogP contribution in [0.5, 0.6) is 0 Å². The summed E-state index contributed by atoms with van der Waals surface area (Å²) >= 11 is 1.29. The summed E-state index contributed by atoms with van der Waals surface area (Å²) in [6, 6.07) is 8.34. The van der Waals surface area contributed by atoms with Crippen LogP contribution in [-0.2, 0) is 0 Å². The Bertz CT molecular complexity index is 1110. The Morgan fingerprint density at radius 3 is 2.91 bits per heavy atom. The molecule has 2 aromatic rings. The second kappa shape index (κ2) is 5.41. The minimum absolute atomic E-state index is 0.246. The van der Waals surface area contributed by atoms with E-state index in [4.69, 9.17) is 15.1 Å². The van der Waals surface area contributed by atoms with Gasteiger partial charge in [-0.1, -0.05) is 12.1 Å². The number of aliphatic imine (C=N–C) groups is 1. The number of rotatable bonds is 0. The van der Waals surface area contributed by atoms with Crippen molar-refractivity contribution in [2.75, 3.05) is 38.3 Å². The predicted molar refractivity (Wildman–Crippen MR) is 94.0 cm³/mol. The highest BCUT2D eigenvalue weighted by Gasteiger charge is 2.25. The molecule has 114 valence electrons. The first-order valence-corrected chi connectivity index (χ1v) is 7.42. The van der Waals surface area contributed by atoms with Gasteiger partial charge in [0.1, 0.15) is 10.8 Å². The summed E-state index contributed by atoms with van der Waals surface area (Å²) in [5.74, 6) is -0.347. The molecule has 2 aliphatic heterocycles. The maximum atomic E-state index is 8.59. The number of hydrogen-bond acceptors (Lipinski definition) is 5. The highest BCUT2D eigenvalue weighted by molar-refractivity contribution is 7.16. The molecular weight excluding hydrogens is 292 g/mol. The first-order chi connectivity index (χ1) is 14.9. The molecule has 3 heterocycles. The quantitative estimate of drug-likeness (QED) is 0.806. The van der Waals surface area contributed by atoms with E-state index in [0.717, 1.165) is 4.88 Å². The average molecular weight is 324 g/mol. The third kappa shape index (κ3) is 2.40. The topological polar surface area (TPSA) is 30.9 Å². The molecule has 1 N–H and O–H groups in total. The van der Waals surface area contributed by atoms with Crippen molar-refractivity contribution in [3.05, 3.63) is 40.8 Å². The number of anilines is 2. The lowest BCUT2D eigenvalue weighted by molar-refractivity contribution is 0.216. The number of hydrogen-bond donors (Lipinski definition) is 1. The molecule has 0 spiro atoms. The standard InChI is InChI=1S/C17H20N4S/c1-12-11-13-16(21-9-7-20(2)8-10-21)18-14-5-3-4-6-15(14)19-17(13)22-12/h3-6,11,19H,7-10H2,1-2H3/i2D3,7D2,8D2,9D2,10D2. The van der Waals surface area contributed by atoms with E-state index >= 15 is 0 Å². The Hall–Kier alpha value is -1.85. The fraction of sp³-hybridized carbons (Fsp3) is 0.353. The molecule has 4 nitrogen and oxygen atoms in total. The van der Waals surface area contributed by atoms with Crippen LogP contribution in [0.2, 0.25) is 0 Å². The van der Waals surface area contributed by atoms with Crippen molar-refractivity contribution >= 4 is 33.5 Å². The summed E-state index contributed by atoms with van der Waals surface area (Å²) in [7, 11) is 0. The average Bonchev–Trinajstić information content (AvgIpc) is 2.92. The van der Waals surface area contributed by atoms with Crippen LogP contribution < -0.4 is 5.32 Å². The minimum Gasteiger partial charge on any atom is -0.353 e. The molecule has 22 heavy (non-hydrogen) atoms. The second-order valence-corrected chi connectivity index (χ2v) is 6.05. The fourth-order valence-corrected chi connectivity index (χ4v) is 3.20. The molecule has 0 bridgehead atoms. The zero-order chi connectivity index (χ0) is 24.8. The molecule has 2 aliphatic rings. The molecule has 0 amide bonds. The van der Waals surface area contributed by atoms with Gasteiger partial charge < -0.3 is 15.1 Å². The number of piperazine rings is 1. The van der Waals surface area contributed by atoms with Crippen LogP contribution in [-0.4, -0.2) is 48.6 Å². The van der Waals surface area contributed by atoms with Gasteiger partial charge in [0.2, 0.25) is 0 Å². The van der Waals surface area contributed by atoms with Crippen LogP contribution in [0.15, 0.2) is 35.3 Å². The number of aryl methyl sites for hydroxylation is 1. The lowest BCUT2D eigenvalue weighted by atomic mass is 10.2. The number of benzene rings is 1. The van der Waals surface area contributed by atoms with Crippen LogP contribution in [0.25, 0.3) is 0 Å². The lowest BCUT2D eigenvalue weighted by Crippen LogP contribution is -2.47. The monoisotopic (exact) mass is 323 g/mol. The second-order valence-electron chi connectivity index (χ2n) is 4.80. The first-order valence-electron chi connectivity index (χ1n) is 12.1. The van der Waals surface area contributed by atoms with Crippen molar-refractivity contribution < 1.29 is 15.1 Å². The van der Waals surface area contributed by atoms with Gasteiger partial charge in [-0.2, -0.15) is 0 Å². The van der Waals surface area contributed by atoms with Crippen molar-refractivity contribution in [2.45, 2.75) is 6.92 Å². The van der Waals surface area contributed by atoms with E-state index in [1.165, 1.54) is 11.3 Å². The summed E-state index contributed by atoms with van der Waals surface area (Å²) in [4.78, 5) is 5.17. The maximum Gasteiger partial charge on any atom is 0.139 e. The molecular formula is C17H20N4S. The summed E-state index contributed by atoms with van der Waals surface area (Å²) < 4.78 is 90.7. The number of para-hydroxylation sites is 2. The van der Waals surface area contributed by atoms with Gasteiger partial charge in [0.25, 0.3) is 0 Å². The van der Waals surface area contributed by atoms with E-state index in [1.54, 1.807) is 37.3 Å². The number of thiophene rings is 1. The molecule has 1 fully saturated rings. The molecule has 1 saturated heterocycles. The van der Waals surface area contributed by atoms with E-state index in [0.29, 0.717) is 21.3 Å². The largest absolute Gasteiger partial charge is 0.353 e. The van der Waals surface area contributed by atoms with Gasteiger partial charge in [0, 0.05) is 40.5 Å². The Morgan fingerprint density at radius 1 is 1.27 bits per heavy atom. The van der Waals surface area contributed by atoms with Crippen LogP contribution in [0.4, 0.5) is 16.4 Å². The van der Waals surface area contributed by atoms with E-state index in [9.17, 15) is 0 Å². The molecule has 0 unspecified atom stereocenters. The third-order valence-corrected chi connectivity index (χ3v) is 4.20. The summed E-state index contributed by atoms with van der Waals surface area (Å²) in [5.41, 5.74) is 1.10. The van der Waals surface area contributed by atoms with Gasteiger partial charge in [0.05, 0.1) is 22.4 Å². The highest BCUT2D eigenvalue weighted by Crippen LogP contribution is 2.39. The zero-order valence-corrected chi connectivity index (χ0v) is 12.5. The van der Waals surface area contributed by atoms with E-state index in [-0.39, 0.29) is 16.3 Å². The summed E-state index contributed by atoms with van der Waals surface area (Å²) in [6.07, 6.45) is 0. The van der Waals surface area contributed by atoms with Gasteiger partial charge in [-0.25, -0.2) is 4.99 Å². The van der Waals surface area contributed by atoms with Crippen LogP contribution in [0, 0.1) is 6.92 Å². The SMILES string of the molecule is [2H]C([2H])([2H])N1C([2H])([2H])C([2H])([2H])N(C2=Nc3ccccc3Nc3sc(C)cc32)C([2H])([2H])C1([2H])[2H]. The number of fused-ring (bicyclic) bond motifs is 2. The third-order valence-electron chi connectivity index (χ3n) is 3.23. The first kappa shape index (κ1) is 6.34. The van der Waals surface area contributed by atoms with E-state index < -0.39 is 33.0 Å². The summed E-state index contributed by atoms with van der Waals surface area (Å²) in [5, 5.41) is 3.65. The fourth-order valence-electron chi connectivity index (χ4n) is 2.28. The Balaban J connectivity index is 2.04. The molecule has 1 aromatic carbocycles. The van der Waals surface area contributed by atoms with Crippen LogP contribution in [0.1, 0.15) is 25.5 Å². The highest BCUT2D eigenvalue weighted by atomic mass is 32.1. The van der Waals surface area contributed by atoms with Gasteiger partial charge in [-0.05, 0) is 32.1 Å². The zero-order valence-electron chi connectivity index (χ0n) is 22.6. The maximum absolute atomic E-state index is 8.59. The Labute approximate surface area is 150 Å². The smallest absolute Gasteiger partial charge is 0.139 e. The molecule has 0 atom stereocenters. The Morgan fingerprint density at radius 2 is 2.09 bits per heavy atom. The van der Waals surface area contributed by atoms with Crippen molar-refractivity contribution in [2.24, 2.45) is 4.99 Å². The molecule has 0 radical (unpaired) electrons. The van der Waals surface area contributed by atoms with E-state index in [1.807, 2.05) is 0 Å². The van der Waals surface area contributed by atoms with Gasteiger partial charge in [0.15, 0.2) is 0 Å². The molecule has 0 saturated carbocycles. The van der Waals surface area contributed by atoms with Crippen molar-refractivity contribution in [3.63, 3.8) is 0 Å². The predicted octanol–water partition coefficient (Wildman–Crippen LogP) is 3.44. The van der Waals surface area contributed by atoms with Gasteiger partial charge >= 0.3 is 0 Å². The number of amidine groups is 1. The van der Waals surface area contributed by atoms with Crippen LogP contribution >= 0.6 is 11.3 Å². The van der Waals surface area contributed by atoms with Crippen molar-refractivity contribution in [1.29, 1.82) is 0 Å². The number of likely N-dealkylation sites (N-methyl/N-ethyl adjacent to an activating group) is 1. The normalized spacial score (nSPS) is 35.2. The van der Waals surface area contributed by atoms with Crippen molar-refractivity contribution in [3.8, 4) is 0 Å². The lowest BCUT2D eigenvalue weighted by Gasteiger charge is -2.34. The minimum atomic E-state index is -3.47. The van der Waals surface area contributed by atoms with Crippen molar-refractivity contribution in [1.82, 2.24) is 9.80 Å². The number of nitrogens with one attached hydrogen (secondary N) is 1. The van der Waals surface area contributed by atoms with Gasteiger partial charge in [-0.15, -0.1) is 11.3 Å². The van der Waals surface area contributed by atoms with E-state index in [2.05, 4.69) is 10.3 Å². The summed E-state index contributed by atoms with van der Waals surface area (Å²) in [6.45, 7) is -15.3. The molecule has 4 rings (SSSR count). The van der Waals surface area contributed by atoms with Gasteiger partial charge in [-0.3, -0.25) is 0 Å².